The van der Waals surface area contributed by atoms with Gasteiger partial charge >= 0.3 is 5.97 Å². The number of carboxylic acid groups (broad SMARTS) is 1. The van der Waals surface area contributed by atoms with Gasteiger partial charge in [-0.25, -0.2) is 18.6 Å². The van der Waals surface area contributed by atoms with Crippen LogP contribution in [0.5, 0.6) is 11.6 Å². The molecule has 0 fully saturated rings. The number of aromatic nitrogens is 1. The molecule has 18 heavy (non-hydrogen) atoms. The number of hydrogen-bond acceptors (Lipinski definition) is 3. The van der Waals surface area contributed by atoms with E-state index in [2.05, 4.69) is 4.98 Å². The van der Waals surface area contributed by atoms with Gasteiger partial charge in [0.2, 0.25) is 5.88 Å². The second-order valence-corrected chi connectivity index (χ2v) is 3.40. The van der Waals surface area contributed by atoms with E-state index in [9.17, 15) is 13.6 Å². The number of nitrogens with zero attached hydrogens (tertiary/aromatic N) is 1. The first-order chi connectivity index (χ1) is 8.54. The number of carbonyl (C=O) groups is 1. The Balaban J connectivity index is 2.20. The molecule has 0 amide bonds. The van der Waals surface area contributed by atoms with Gasteiger partial charge in [-0.2, -0.15) is 0 Å². The molecular weight excluding hydrogens is 244 g/mol. The summed E-state index contributed by atoms with van der Waals surface area (Å²) in [6, 6.07) is 5.28. The maximum absolute atomic E-state index is 12.9. The van der Waals surface area contributed by atoms with Crippen LogP contribution in [0.1, 0.15) is 10.4 Å². The van der Waals surface area contributed by atoms with Crippen LogP contribution in [0.4, 0.5) is 8.78 Å². The summed E-state index contributed by atoms with van der Waals surface area (Å²) in [7, 11) is 0. The summed E-state index contributed by atoms with van der Waals surface area (Å²) in [6.07, 6.45) is 1.09. The molecule has 2 rings (SSSR count). The van der Waals surface area contributed by atoms with Crippen LogP contribution in [-0.4, -0.2) is 16.1 Å². The molecule has 0 aliphatic rings. The highest BCUT2D eigenvalue weighted by Crippen LogP contribution is 2.21. The van der Waals surface area contributed by atoms with Gasteiger partial charge in [0.05, 0.1) is 5.56 Å². The smallest absolute Gasteiger partial charge is 0.337 e. The fraction of sp³-hybridized carbons (Fsp3) is 0. The van der Waals surface area contributed by atoms with Gasteiger partial charge < -0.3 is 9.84 Å². The molecule has 0 spiro atoms. The van der Waals surface area contributed by atoms with Crippen LogP contribution >= 0.6 is 0 Å². The standard InChI is InChI=1S/C12H7F2NO3/c13-8-3-9(14)5-10(4-8)18-11-2-1-7(6-15-11)12(16)17/h1-6H,(H,16,17). The molecule has 4 nitrogen and oxygen atoms in total. The number of carboxylic acids is 1. The largest absolute Gasteiger partial charge is 0.478 e. The van der Waals surface area contributed by atoms with Crippen LogP contribution < -0.4 is 4.74 Å². The van der Waals surface area contributed by atoms with E-state index in [1.807, 2.05) is 0 Å². The van der Waals surface area contributed by atoms with Crippen LogP contribution in [-0.2, 0) is 0 Å². The number of benzene rings is 1. The molecule has 1 N–H and O–H groups in total. The highest BCUT2D eigenvalue weighted by Gasteiger charge is 2.06. The van der Waals surface area contributed by atoms with E-state index in [-0.39, 0.29) is 17.2 Å². The quantitative estimate of drug-likeness (QED) is 0.911. The molecule has 1 heterocycles. The van der Waals surface area contributed by atoms with Crippen molar-refractivity contribution in [3.63, 3.8) is 0 Å². The molecule has 0 aliphatic heterocycles. The minimum atomic E-state index is -1.12. The number of pyridine rings is 1. The van der Waals surface area contributed by atoms with Crippen molar-refractivity contribution in [3.05, 3.63) is 53.7 Å². The molecule has 0 bridgehead atoms. The molecule has 0 aliphatic carbocycles. The van der Waals surface area contributed by atoms with E-state index >= 15 is 0 Å². The third-order valence-corrected chi connectivity index (χ3v) is 2.04. The van der Waals surface area contributed by atoms with Crippen molar-refractivity contribution in [2.45, 2.75) is 0 Å². The predicted molar refractivity (Wildman–Crippen MR) is 57.6 cm³/mol. The molecule has 0 radical (unpaired) electrons. The van der Waals surface area contributed by atoms with Crippen LogP contribution in [0.15, 0.2) is 36.5 Å². The van der Waals surface area contributed by atoms with Gasteiger partial charge in [-0.15, -0.1) is 0 Å². The van der Waals surface area contributed by atoms with Gasteiger partial charge in [-0.3, -0.25) is 0 Å². The Kier molecular flexibility index (Phi) is 3.18. The van der Waals surface area contributed by atoms with Crippen molar-refractivity contribution >= 4 is 5.97 Å². The number of hydrogen-bond donors (Lipinski definition) is 1. The SMILES string of the molecule is O=C(O)c1ccc(Oc2cc(F)cc(F)c2)nc1. The van der Waals surface area contributed by atoms with Crippen molar-refractivity contribution in [1.29, 1.82) is 0 Å². The van der Waals surface area contributed by atoms with Crippen LogP contribution in [0.3, 0.4) is 0 Å². The number of rotatable bonds is 3. The van der Waals surface area contributed by atoms with Gasteiger partial charge in [-0.1, -0.05) is 0 Å². The fourth-order valence-corrected chi connectivity index (χ4v) is 1.28. The lowest BCUT2D eigenvalue weighted by atomic mass is 10.3. The maximum Gasteiger partial charge on any atom is 0.337 e. The van der Waals surface area contributed by atoms with Crippen LogP contribution in [0, 0.1) is 11.6 Å². The Labute approximate surface area is 100 Å². The molecule has 0 atom stereocenters. The van der Waals surface area contributed by atoms with E-state index in [0.717, 1.165) is 18.3 Å². The van der Waals surface area contributed by atoms with Crippen LogP contribution in [0.2, 0.25) is 0 Å². The minimum absolute atomic E-state index is 0.00669. The Bertz CT molecular complexity index is 564. The van der Waals surface area contributed by atoms with Gasteiger partial charge in [0.1, 0.15) is 17.4 Å². The van der Waals surface area contributed by atoms with Crippen molar-refractivity contribution in [2.24, 2.45) is 0 Å². The van der Waals surface area contributed by atoms with E-state index in [0.29, 0.717) is 6.07 Å². The molecule has 2 aromatic rings. The Hall–Kier alpha value is -2.50. The topological polar surface area (TPSA) is 59.4 Å². The second kappa shape index (κ2) is 4.79. The fourth-order valence-electron chi connectivity index (χ4n) is 1.28. The van der Waals surface area contributed by atoms with E-state index in [1.165, 1.54) is 12.1 Å². The van der Waals surface area contributed by atoms with E-state index in [4.69, 9.17) is 9.84 Å². The van der Waals surface area contributed by atoms with Crippen molar-refractivity contribution in [1.82, 2.24) is 4.98 Å². The molecule has 6 heteroatoms. The first-order valence-corrected chi connectivity index (χ1v) is 4.88. The minimum Gasteiger partial charge on any atom is -0.478 e. The van der Waals surface area contributed by atoms with Crippen LogP contribution in [0.25, 0.3) is 0 Å². The van der Waals surface area contributed by atoms with Gasteiger partial charge in [-0.05, 0) is 6.07 Å². The van der Waals surface area contributed by atoms with E-state index in [1.54, 1.807) is 0 Å². The highest BCUT2D eigenvalue weighted by molar-refractivity contribution is 5.87. The van der Waals surface area contributed by atoms with Crippen molar-refractivity contribution in [2.75, 3.05) is 0 Å². The zero-order valence-corrected chi connectivity index (χ0v) is 8.93. The molecule has 0 unspecified atom stereocenters. The van der Waals surface area contributed by atoms with Gasteiger partial charge in [0, 0.05) is 30.5 Å². The number of ether oxygens (including phenoxy) is 1. The lowest BCUT2D eigenvalue weighted by molar-refractivity contribution is 0.0696. The summed E-state index contributed by atoms with van der Waals surface area (Å²) in [5, 5.41) is 8.66. The zero-order chi connectivity index (χ0) is 13.1. The zero-order valence-electron chi connectivity index (χ0n) is 8.93. The Morgan fingerprint density at radius 1 is 1.17 bits per heavy atom. The van der Waals surface area contributed by atoms with Crippen molar-refractivity contribution < 1.29 is 23.4 Å². The summed E-state index contributed by atoms with van der Waals surface area (Å²) < 4.78 is 30.9. The monoisotopic (exact) mass is 251 g/mol. The first kappa shape index (κ1) is 12.0. The summed E-state index contributed by atoms with van der Waals surface area (Å²) >= 11 is 0. The number of halogens is 2. The second-order valence-electron chi connectivity index (χ2n) is 3.40. The third kappa shape index (κ3) is 2.79. The normalized spacial score (nSPS) is 10.1. The first-order valence-electron chi connectivity index (χ1n) is 4.88. The summed E-state index contributed by atoms with van der Waals surface area (Å²) in [4.78, 5) is 14.3. The van der Waals surface area contributed by atoms with E-state index < -0.39 is 17.6 Å². The maximum atomic E-state index is 12.9. The van der Waals surface area contributed by atoms with Crippen molar-refractivity contribution in [3.8, 4) is 11.6 Å². The third-order valence-electron chi connectivity index (χ3n) is 2.04. The predicted octanol–water partition coefficient (Wildman–Crippen LogP) is 2.85. The number of aromatic carboxylic acids is 1. The van der Waals surface area contributed by atoms with Gasteiger partial charge in [0.15, 0.2) is 0 Å². The molecule has 1 aromatic carbocycles. The highest BCUT2D eigenvalue weighted by atomic mass is 19.1. The summed E-state index contributed by atoms with van der Waals surface area (Å²) in [5.41, 5.74) is -0.00669. The molecule has 0 saturated heterocycles. The lowest BCUT2D eigenvalue weighted by Gasteiger charge is -2.05. The molecule has 92 valence electrons. The Morgan fingerprint density at radius 3 is 2.33 bits per heavy atom. The molecule has 1 aromatic heterocycles. The Morgan fingerprint density at radius 2 is 1.83 bits per heavy atom. The molecular formula is C12H7F2NO3. The average Bonchev–Trinajstić information content (AvgIpc) is 2.28. The summed E-state index contributed by atoms with van der Waals surface area (Å²) in [5.74, 6) is -2.67. The molecule has 0 saturated carbocycles. The lowest BCUT2D eigenvalue weighted by Crippen LogP contribution is -1.97. The average molecular weight is 251 g/mol. The summed E-state index contributed by atoms with van der Waals surface area (Å²) in [6.45, 7) is 0. The van der Waals surface area contributed by atoms with Gasteiger partial charge in [0.25, 0.3) is 0 Å².